The second-order valence-electron chi connectivity index (χ2n) is 6.75. The van der Waals surface area contributed by atoms with Crippen molar-refractivity contribution in [1.29, 1.82) is 0 Å². The van der Waals surface area contributed by atoms with E-state index in [2.05, 4.69) is 44.6 Å². The summed E-state index contributed by atoms with van der Waals surface area (Å²) in [4.78, 5) is 21.2. The van der Waals surface area contributed by atoms with Crippen molar-refractivity contribution in [2.45, 2.75) is 12.6 Å². The molecule has 1 saturated heterocycles. The quantitative estimate of drug-likeness (QED) is 0.832. The lowest BCUT2D eigenvalue weighted by molar-refractivity contribution is 0.142. The zero-order chi connectivity index (χ0) is 18.2. The minimum Gasteiger partial charge on any atom is -0.334 e. The first kappa shape index (κ1) is 18.4. The number of nitrogens with one attached hydrogen (secondary N) is 2. The summed E-state index contributed by atoms with van der Waals surface area (Å²) < 4.78 is 0. The molecule has 2 aromatic rings. The summed E-state index contributed by atoms with van der Waals surface area (Å²) in [6.45, 7) is 5.50. The number of nitrogens with zero attached hydrogens (tertiary/aromatic N) is 3. The average molecular weight is 353 g/mol. The van der Waals surface area contributed by atoms with Crippen molar-refractivity contribution in [2.75, 3.05) is 39.8 Å². The first-order chi connectivity index (χ1) is 12.7. The maximum atomic E-state index is 12.4. The van der Waals surface area contributed by atoms with Crippen LogP contribution in [0.3, 0.4) is 0 Å². The predicted molar refractivity (Wildman–Crippen MR) is 103 cm³/mol. The Morgan fingerprint density at radius 3 is 2.46 bits per heavy atom. The Hall–Kier alpha value is -2.44. The maximum Gasteiger partial charge on any atom is 0.315 e. The van der Waals surface area contributed by atoms with E-state index in [0.29, 0.717) is 6.54 Å². The Morgan fingerprint density at radius 1 is 1.08 bits per heavy atom. The van der Waals surface area contributed by atoms with Gasteiger partial charge in [-0.25, -0.2) is 4.79 Å². The summed E-state index contributed by atoms with van der Waals surface area (Å²) in [5.41, 5.74) is 2.16. The van der Waals surface area contributed by atoms with Gasteiger partial charge in [0.15, 0.2) is 0 Å². The number of amides is 2. The summed E-state index contributed by atoms with van der Waals surface area (Å²) in [6.07, 6.45) is 3.46. The van der Waals surface area contributed by atoms with E-state index in [1.807, 2.05) is 30.3 Å². The third kappa shape index (κ3) is 5.54. The molecule has 26 heavy (non-hydrogen) atoms. The SMILES string of the molecule is CN1CCN(CC(NC(=O)NCc2ccncc2)c2ccccc2)CC1. The van der Waals surface area contributed by atoms with Crippen molar-refractivity contribution in [1.82, 2.24) is 25.4 Å². The van der Waals surface area contributed by atoms with Crippen molar-refractivity contribution in [2.24, 2.45) is 0 Å². The van der Waals surface area contributed by atoms with Gasteiger partial charge >= 0.3 is 6.03 Å². The van der Waals surface area contributed by atoms with Crippen LogP contribution in [0.5, 0.6) is 0 Å². The standard InChI is InChI=1S/C20H27N5O/c1-24-11-13-25(14-12-24)16-19(18-5-3-2-4-6-18)23-20(26)22-15-17-7-9-21-10-8-17/h2-10,19H,11-16H2,1H3,(H2,22,23,26). The van der Waals surface area contributed by atoms with Crippen LogP contribution in [0.1, 0.15) is 17.2 Å². The number of carbonyl (C=O) groups excluding carboxylic acids is 1. The maximum absolute atomic E-state index is 12.4. The van der Waals surface area contributed by atoms with E-state index < -0.39 is 0 Å². The molecule has 6 heteroatoms. The Kier molecular flexibility index (Phi) is 6.57. The smallest absolute Gasteiger partial charge is 0.315 e. The molecule has 0 saturated carbocycles. The van der Waals surface area contributed by atoms with E-state index >= 15 is 0 Å². The molecule has 1 aromatic carbocycles. The highest BCUT2D eigenvalue weighted by Crippen LogP contribution is 2.15. The van der Waals surface area contributed by atoms with Crippen LogP contribution in [0.2, 0.25) is 0 Å². The highest BCUT2D eigenvalue weighted by atomic mass is 16.2. The summed E-state index contributed by atoms with van der Waals surface area (Å²) in [7, 11) is 2.15. The van der Waals surface area contributed by atoms with Crippen LogP contribution in [0.15, 0.2) is 54.9 Å². The van der Waals surface area contributed by atoms with Crippen molar-refractivity contribution in [3.63, 3.8) is 0 Å². The molecule has 1 aromatic heterocycles. The molecule has 2 heterocycles. The van der Waals surface area contributed by atoms with Gasteiger partial charge in [-0.3, -0.25) is 9.88 Å². The van der Waals surface area contributed by atoms with Gasteiger partial charge < -0.3 is 15.5 Å². The van der Waals surface area contributed by atoms with Crippen molar-refractivity contribution in [3.8, 4) is 0 Å². The van der Waals surface area contributed by atoms with Crippen molar-refractivity contribution >= 4 is 6.03 Å². The Morgan fingerprint density at radius 2 is 1.77 bits per heavy atom. The van der Waals surface area contributed by atoms with Gasteiger partial charge in [0.25, 0.3) is 0 Å². The van der Waals surface area contributed by atoms with E-state index in [1.165, 1.54) is 0 Å². The molecule has 1 fully saturated rings. The normalized spacial score (nSPS) is 16.8. The summed E-state index contributed by atoms with van der Waals surface area (Å²) in [5, 5.41) is 6.08. The Bertz CT molecular complexity index is 671. The molecule has 1 aliphatic rings. The summed E-state index contributed by atoms with van der Waals surface area (Å²) in [6, 6.07) is 13.8. The number of hydrogen-bond donors (Lipinski definition) is 2. The fraction of sp³-hybridized carbons (Fsp3) is 0.400. The largest absolute Gasteiger partial charge is 0.334 e. The molecule has 1 aliphatic heterocycles. The minimum atomic E-state index is -0.148. The predicted octanol–water partition coefficient (Wildman–Crippen LogP) is 1.87. The van der Waals surface area contributed by atoms with E-state index in [4.69, 9.17) is 0 Å². The first-order valence-corrected chi connectivity index (χ1v) is 9.10. The zero-order valence-corrected chi connectivity index (χ0v) is 15.3. The molecule has 2 amide bonds. The van der Waals surface area contributed by atoms with Crippen LogP contribution in [0.25, 0.3) is 0 Å². The molecule has 0 spiro atoms. The van der Waals surface area contributed by atoms with Gasteiger partial charge in [-0.15, -0.1) is 0 Å². The number of piperazine rings is 1. The fourth-order valence-corrected chi connectivity index (χ4v) is 3.10. The summed E-state index contributed by atoms with van der Waals surface area (Å²) >= 11 is 0. The average Bonchev–Trinajstić information content (AvgIpc) is 2.69. The third-order valence-electron chi connectivity index (χ3n) is 4.75. The van der Waals surface area contributed by atoms with Crippen molar-refractivity contribution < 1.29 is 4.79 Å². The monoisotopic (exact) mass is 353 g/mol. The van der Waals surface area contributed by atoms with E-state index in [1.54, 1.807) is 12.4 Å². The van der Waals surface area contributed by atoms with Crippen LogP contribution in [-0.4, -0.2) is 60.6 Å². The van der Waals surface area contributed by atoms with Gasteiger partial charge in [0.05, 0.1) is 6.04 Å². The number of benzene rings is 1. The number of pyridine rings is 1. The number of urea groups is 1. The Labute approximate surface area is 155 Å². The topological polar surface area (TPSA) is 60.5 Å². The van der Waals surface area contributed by atoms with Crippen LogP contribution in [-0.2, 0) is 6.54 Å². The number of rotatable bonds is 6. The number of likely N-dealkylation sites (N-methyl/N-ethyl adjacent to an activating group) is 1. The Balaban J connectivity index is 1.59. The van der Waals surface area contributed by atoms with E-state index in [9.17, 15) is 4.79 Å². The number of carbonyl (C=O) groups is 1. The molecule has 1 atom stereocenters. The second kappa shape index (κ2) is 9.31. The van der Waals surface area contributed by atoms with E-state index in [-0.39, 0.29) is 12.1 Å². The van der Waals surface area contributed by atoms with Crippen LogP contribution in [0.4, 0.5) is 4.79 Å². The fourth-order valence-electron chi connectivity index (χ4n) is 3.10. The third-order valence-corrected chi connectivity index (χ3v) is 4.75. The molecule has 0 radical (unpaired) electrons. The van der Waals surface area contributed by atoms with Gasteiger partial charge in [0.1, 0.15) is 0 Å². The molecule has 2 N–H and O–H groups in total. The van der Waals surface area contributed by atoms with Gasteiger partial charge in [-0.2, -0.15) is 0 Å². The molecule has 1 unspecified atom stereocenters. The first-order valence-electron chi connectivity index (χ1n) is 9.10. The minimum absolute atomic E-state index is 0.0305. The van der Waals surface area contributed by atoms with Gasteiger partial charge in [-0.1, -0.05) is 30.3 Å². The van der Waals surface area contributed by atoms with Crippen LogP contribution in [0, 0.1) is 0 Å². The molecular weight excluding hydrogens is 326 g/mol. The molecule has 0 aliphatic carbocycles. The molecule has 0 bridgehead atoms. The molecule has 138 valence electrons. The van der Waals surface area contributed by atoms with Crippen molar-refractivity contribution in [3.05, 3.63) is 66.0 Å². The lowest BCUT2D eigenvalue weighted by Gasteiger charge is -2.35. The number of aromatic nitrogens is 1. The van der Waals surface area contributed by atoms with Gasteiger partial charge in [0.2, 0.25) is 0 Å². The molecular formula is C20H27N5O. The second-order valence-corrected chi connectivity index (χ2v) is 6.75. The summed E-state index contributed by atoms with van der Waals surface area (Å²) in [5.74, 6) is 0. The molecule has 3 rings (SSSR count). The number of hydrogen-bond acceptors (Lipinski definition) is 4. The zero-order valence-electron chi connectivity index (χ0n) is 15.3. The van der Waals surface area contributed by atoms with Crippen LogP contribution >= 0.6 is 0 Å². The molecule has 6 nitrogen and oxygen atoms in total. The lowest BCUT2D eigenvalue weighted by Crippen LogP contribution is -2.48. The van der Waals surface area contributed by atoms with Gasteiger partial charge in [0, 0.05) is 51.7 Å². The highest BCUT2D eigenvalue weighted by Gasteiger charge is 2.21. The highest BCUT2D eigenvalue weighted by molar-refractivity contribution is 5.74. The van der Waals surface area contributed by atoms with E-state index in [0.717, 1.165) is 43.9 Å². The lowest BCUT2D eigenvalue weighted by atomic mass is 10.1. The van der Waals surface area contributed by atoms with Gasteiger partial charge in [-0.05, 0) is 30.3 Å². The van der Waals surface area contributed by atoms with Crippen LogP contribution < -0.4 is 10.6 Å².